The van der Waals surface area contributed by atoms with E-state index in [1.54, 1.807) is 0 Å². The number of benzene rings is 1. The summed E-state index contributed by atoms with van der Waals surface area (Å²) >= 11 is 0. The van der Waals surface area contributed by atoms with Crippen molar-refractivity contribution in [3.63, 3.8) is 0 Å². The minimum Gasteiger partial charge on any atom is -0.492 e. The molecule has 2 N–H and O–H groups in total. The van der Waals surface area contributed by atoms with Crippen molar-refractivity contribution in [1.29, 1.82) is 0 Å². The molecule has 1 aromatic carbocycles. The maximum absolute atomic E-state index is 5.98. The van der Waals surface area contributed by atoms with E-state index >= 15 is 0 Å². The van der Waals surface area contributed by atoms with Gasteiger partial charge in [-0.3, -0.25) is 0 Å². The predicted molar refractivity (Wildman–Crippen MR) is 77.1 cm³/mol. The Bertz CT molecular complexity index is 360. The molecule has 0 amide bonds. The minimum absolute atomic E-state index is 0.00773. The van der Waals surface area contributed by atoms with Crippen molar-refractivity contribution >= 4 is 0 Å². The number of nitrogens with two attached hydrogens (primary N) is 1. The van der Waals surface area contributed by atoms with Gasteiger partial charge in [-0.1, -0.05) is 31.5 Å². The van der Waals surface area contributed by atoms with Crippen LogP contribution in [0.25, 0.3) is 0 Å². The summed E-state index contributed by atoms with van der Waals surface area (Å²) in [7, 11) is 0. The Hall–Kier alpha value is -1.06. The van der Waals surface area contributed by atoms with Crippen LogP contribution in [0.3, 0.4) is 0 Å². The summed E-state index contributed by atoms with van der Waals surface area (Å²) in [5.41, 5.74) is 8.29. The standard InChI is InChI=1S/C15H26N2O/c1-5-17(6-2)9-10-18-15-8-7-12(3)11-14(15)13(4)16/h7-8,11,13H,5-6,9-10,16H2,1-4H3/t13-/m1/s1. The van der Waals surface area contributed by atoms with Gasteiger partial charge in [0.05, 0.1) is 0 Å². The van der Waals surface area contributed by atoms with E-state index in [0.29, 0.717) is 6.61 Å². The molecule has 3 heteroatoms. The second-order valence-corrected chi connectivity index (χ2v) is 4.71. The summed E-state index contributed by atoms with van der Waals surface area (Å²) in [6.45, 7) is 12.2. The van der Waals surface area contributed by atoms with Gasteiger partial charge >= 0.3 is 0 Å². The third-order valence-corrected chi connectivity index (χ3v) is 3.22. The van der Waals surface area contributed by atoms with Crippen LogP contribution in [-0.2, 0) is 0 Å². The van der Waals surface area contributed by atoms with E-state index in [1.807, 2.05) is 13.0 Å². The van der Waals surface area contributed by atoms with Crippen LogP contribution in [0, 0.1) is 6.92 Å². The Kier molecular flexibility index (Phi) is 6.16. The monoisotopic (exact) mass is 250 g/mol. The fourth-order valence-electron chi connectivity index (χ4n) is 1.98. The molecule has 0 aliphatic carbocycles. The van der Waals surface area contributed by atoms with E-state index in [0.717, 1.165) is 30.9 Å². The average molecular weight is 250 g/mol. The number of hydrogen-bond donors (Lipinski definition) is 1. The number of nitrogens with zero attached hydrogens (tertiary/aromatic N) is 1. The van der Waals surface area contributed by atoms with Gasteiger partial charge < -0.3 is 15.4 Å². The number of aryl methyl sites for hydroxylation is 1. The Labute approximate surface area is 111 Å². The molecule has 0 fully saturated rings. The summed E-state index contributed by atoms with van der Waals surface area (Å²) in [5, 5.41) is 0. The van der Waals surface area contributed by atoms with Crippen molar-refractivity contribution < 1.29 is 4.74 Å². The molecule has 0 spiro atoms. The highest BCUT2D eigenvalue weighted by Crippen LogP contribution is 2.24. The first kappa shape index (κ1) is 15.0. The van der Waals surface area contributed by atoms with E-state index in [9.17, 15) is 0 Å². The highest BCUT2D eigenvalue weighted by molar-refractivity contribution is 5.38. The molecule has 0 saturated carbocycles. The zero-order valence-corrected chi connectivity index (χ0v) is 12.1. The summed E-state index contributed by atoms with van der Waals surface area (Å²) in [5.74, 6) is 0.919. The average Bonchev–Trinajstić information content (AvgIpc) is 2.36. The van der Waals surface area contributed by atoms with E-state index in [1.165, 1.54) is 5.56 Å². The number of hydrogen-bond acceptors (Lipinski definition) is 3. The van der Waals surface area contributed by atoms with Crippen LogP contribution >= 0.6 is 0 Å². The Morgan fingerprint density at radius 2 is 1.94 bits per heavy atom. The van der Waals surface area contributed by atoms with E-state index in [4.69, 9.17) is 10.5 Å². The quantitative estimate of drug-likeness (QED) is 0.808. The number of likely N-dealkylation sites (N-methyl/N-ethyl adjacent to an activating group) is 1. The van der Waals surface area contributed by atoms with Crippen molar-refractivity contribution in [2.75, 3.05) is 26.2 Å². The maximum Gasteiger partial charge on any atom is 0.124 e. The van der Waals surface area contributed by atoms with E-state index < -0.39 is 0 Å². The second-order valence-electron chi connectivity index (χ2n) is 4.71. The van der Waals surface area contributed by atoms with Crippen LogP contribution in [0.1, 0.15) is 37.9 Å². The van der Waals surface area contributed by atoms with Gasteiger partial charge in [0, 0.05) is 18.2 Å². The molecule has 1 atom stereocenters. The van der Waals surface area contributed by atoms with Crippen LogP contribution in [0.15, 0.2) is 18.2 Å². The summed E-state index contributed by atoms with van der Waals surface area (Å²) in [6.07, 6.45) is 0. The molecule has 0 heterocycles. The molecular formula is C15H26N2O. The van der Waals surface area contributed by atoms with Crippen LogP contribution in [0.2, 0.25) is 0 Å². The van der Waals surface area contributed by atoms with Crippen LogP contribution in [-0.4, -0.2) is 31.1 Å². The smallest absolute Gasteiger partial charge is 0.124 e. The van der Waals surface area contributed by atoms with E-state index in [2.05, 4.69) is 37.8 Å². The fourth-order valence-corrected chi connectivity index (χ4v) is 1.98. The van der Waals surface area contributed by atoms with Crippen molar-refractivity contribution in [3.8, 4) is 5.75 Å². The molecule has 0 radical (unpaired) electrons. The highest BCUT2D eigenvalue weighted by atomic mass is 16.5. The summed E-state index contributed by atoms with van der Waals surface area (Å²) in [6, 6.07) is 6.21. The first-order chi connectivity index (χ1) is 8.58. The normalized spacial score (nSPS) is 12.8. The van der Waals surface area contributed by atoms with Crippen molar-refractivity contribution in [2.45, 2.75) is 33.7 Å². The Morgan fingerprint density at radius 3 is 2.50 bits per heavy atom. The molecular weight excluding hydrogens is 224 g/mol. The van der Waals surface area contributed by atoms with Gasteiger partial charge in [0.1, 0.15) is 12.4 Å². The zero-order chi connectivity index (χ0) is 13.5. The highest BCUT2D eigenvalue weighted by Gasteiger charge is 2.08. The van der Waals surface area contributed by atoms with Crippen LogP contribution < -0.4 is 10.5 Å². The van der Waals surface area contributed by atoms with Crippen molar-refractivity contribution in [1.82, 2.24) is 4.90 Å². The summed E-state index contributed by atoms with van der Waals surface area (Å²) in [4.78, 5) is 2.35. The predicted octanol–water partition coefficient (Wildman–Crippen LogP) is 2.74. The molecule has 18 heavy (non-hydrogen) atoms. The molecule has 0 bridgehead atoms. The number of rotatable bonds is 7. The molecule has 102 valence electrons. The molecule has 0 aromatic heterocycles. The largest absolute Gasteiger partial charge is 0.492 e. The lowest BCUT2D eigenvalue weighted by Crippen LogP contribution is -2.28. The van der Waals surface area contributed by atoms with Gasteiger partial charge in [-0.05, 0) is 33.0 Å². The van der Waals surface area contributed by atoms with Gasteiger partial charge in [0.2, 0.25) is 0 Å². The summed E-state index contributed by atoms with van der Waals surface area (Å²) < 4.78 is 5.87. The third kappa shape index (κ3) is 4.31. The van der Waals surface area contributed by atoms with Crippen molar-refractivity contribution in [3.05, 3.63) is 29.3 Å². The molecule has 0 aliphatic rings. The SMILES string of the molecule is CCN(CC)CCOc1ccc(C)cc1[C@@H](C)N. The molecule has 1 rings (SSSR count). The molecule has 0 unspecified atom stereocenters. The van der Waals surface area contributed by atoms with Gasteiger partial charge in [0.25, 0.3) is 0 Å². The van der Waals surface area contributed by atoms with Gasteiger partial charge in [-0.25, -0.2) is 0 Å². The Balaban J connectivity index is 2.61. The third-order valence-electron chi connectivity index (χ3n) is 3.22. The fraction of sp³-hybridized carbons (Fsp3) is 0.600. The second kappa shape index (κ2) is 7.39. The van der Waals surface area contributed by atoms with Gasteiger partial charge in [0.15, 0.2) is 0 Å². The van der Waals surface area contributed by atoms with Crippen LogP contribution in [0.4, 0.5) is 0 Å². The first-order valence-electron chi connectivity index (χ1n) is 6.79. The number of ether oxygens (including phenoxy) is 1. The molecule has 0 saturated heterocycles. The maximum atomic E-state index is 5.98. The lowest BCUT2D eigenvalue weighted by atomic mass is 10.1. The Morgan fingerprint density at radius 1 is 1.28 bits per heavy atom. The molecule has 3 nitrogen and oxygen atoms in total. The van der Waals surface area contributed by atoms with Crippen LogP contribution in [0.5, 0.6) is 5.75 Å². The lowest BCUT2D eigenvalue weighted by molar-refractivity contribution is 0.221. The lowest BCUT2D eigenvalue weighted by Gasteiger charge is -2.20. The van der Waals surface area contributed by atoms with Gasteiger partial charge in [-0.2, -0.15) is 0 Å². The topological polar surface area (TPSA) is 38.5 Å². The zero-order valence-electron chi connectivity index (χ0n) is 12.1. The minimum atomic E-state index is 0.00773. The molecule has 1 aromatic rings. The van der Waals surface area contributed by atoms with E-state index in [-0.39, 0.29) is 6.04 Å². The van der Waals surface area contributed by atoms with Gasteiger partial charge in [-0.15, -0.1) is 0 Å². The molecule has 0 aliphatic heterocycles. The van der Waals surface area contributed by atoms with Crippen molar-refractivity contribution in [2.24, 2.45) is 5.73 Å². The first-order valence-corrected chi connectivity index (χ1v) is 6.79.